The molecule has 0 saturated heterocycles. The van der Waals surface area contributed by atoms with Crippen molar-refractivity contribution in [2.75, 3.05) is 6.61 Å². The molecule has 0 spiro atoms. The van der Waals surface area contributed by atoms with Gasteiger partial charge in [0, 0.05) is 10.0 Å². The fraction of sp³-hybridized carbons (Fsp3) is 0.250. The molecule has 0 aliphatic rings. The normalized spacial score (nSPS) is 12.9. The summed E-state index contributed by atoms with van der Waals surface area (Å²) in [6.45, 7) is -0.371. The van der Waals surface area contributed by atoms with Gasteiger partial charge < -0.3 is 10.3 Å². The summed E-state index contributed by atoms with van der Waals surface area (Å²) in [5.41, 5.74) is 2.05. The fourth-order valence-corrected chi connectivity index (χ4v) is 1.37. The van der Waals surface area contributed by atoms with Crippen molar-refractivity contribution >= 4 is 15.9 Å². The van der Waals surface area contributed by atoms with E-state index in [2.05, 4.69) is 15.9 Å². The summed E-state index contributed by atoms with van der Waals surface area (Å²) in [5, 5.41) is 17.4. The van der Waals surface area contributed by atoms with Crippen LogP contribution < -0.4 is 5.48 Å². The third-order valence-corrected chi connectivity index (χ3v) is 2.17. The average molecular weight is 250 g/mol. The highest BCUT2D eigenvalue weighted by Gasteiger charge is 2.13. The fourth-order valence-electron chi connectivity index (χ4n) is 0.990. The van der Waals surface area contributed by atoms with E-state index in [1.54, 1.807) is 6.07 Å². The number of aliphatic hydroxyl groups excluding tert-OH is 1. The van der Waals surface area contributed by atoms with Crippen LogP contribution in [0.5, 0.6) is 0 Å². The van der Waals surface area contributed by atoms with Crippen molar-refractivity contribution in [1.82, 2.24) is 5.48 Å². The minimum absolute atomic E-state index is 0.222. The van der Waals surface area contributed by atoms with Gasteiger partial charge in [0.05, 0.1) is 12.6 Å². The van der Waals surface area contributed by atoms with Gasteiger partial charge in [-0.1, -0.05) is 15.9 Å². The Morgan fingerprint density at radius 3 is 2.77 bits per heavy atom. The van der Waals surface area contributed by atoms with Crippen molar-refractivity contribution < 1.29 is 14.7 Å². The molecule has 0 radical (unpaired) electrons. The summed E-state index contributed by atoms with van der Waals surface area (Å²) in [4.78, 5) is 0. The average Bonchev–Trinajstić information content (AvgIpc) is 2.13. The smallest absolute Gasteiger partial charge is 0.128 e. The Morgan fingerprint density at radius 1 is 1.54 bits per heavy atom. The Balaban J connectivity index is 3.03. The molecule has 0 aliphatic heterocycles. The van der Waals surface area contributed by atoms with E-state index in [-0.39, 0.29) is 12.2 Å². The van der Waals surface area contributed by atoms with Gasteiger partial charge in [-0.05, 0) is 18.2 Å². The second kappa shape index (κ2) is 4.66. The first-order valence-corrected chi connectivity index (χ1v) is 4.43. The molecule has 0 aromatic heterocycles. The molecule has 1 rings (SSSR count). The molecule has 0 unspecified atom stereocenters. The molecule has 0 amide bonds. The van der Waals surface area contributed by atoms with Crippen molar-refractivity contribution in [3.63, 3.8) is 0 Å². The van der Waals surface area contributed by atoms with Gasteiger partial charge in [0.2, 0.25) is 0 Å². The Kier molecular flexibility index (Phi) is 3.80. The van der Waals surface area contributed by atoms with Crippen LogP contribution in [0.4, 0.5) is 4.39 Å². The van der Waals surface area contributed by atoms with Crippen LogP contribution in [0.2, 0.25) is 0 Å². The molecule has 0 fully saturated rings. The van der Waals surface area contributed by atoms with Gasteiger partial charge in [-0.25, -0.2) is 4.39 Å². The minimum atomic E-state index is -0.794. The standard InChI is InChI=1S/C8H9BrFNO2/c9-5-1-2-7(10)6(3-5)8(4-12)11-13/h1-3,8,11-13H,4H2/t8-/m1/s1. The van der Waals surface area contributed by atoms with Crippen LogP contribution in [-0.2, 0) is 0 Å². The van der Waals surface area contributed by atoms with Gasteiger partial charge in [0.1, 0.15) is 5.82 Å². The van der Waals surface area contributed by atoms with Crippen LogP contribution in [0.1, 0.15) is 11.6 Å². The number of hydrogen-bond donors (Lipinski definition) is 3. The molecule has 5 heteroatoms. The minimum Gasteiger partial charge on any atom is -0.394 e. The largest absolute Gasteiger partial charge is 0.394 e. The zero-order chi connectivity index (χ0) is 9.84. The lowest BCUT2D eigenvalue weighted by atomic mass is 10.1. The highest BCUT2D eigenvalue weighted by atomic mass is 79.9. The van der Waals surface area contributed by atoms with Crippen molar-refractivity contribution in [2.45, 2.75) is 6.04 Å². The molecule has 0 aliphatic carbocycles. The van der Waals surface area contributed by atoms with E-state index in [0.29, 0.717) is 4.47 Å². The number of rotatable bonds is 3. The Hall–Kier alpha value is -0.490. The van der Waals surface area contributed by atoms with Crippen LogP contribution >= 0.6 is 15.9 Å². The molecule has 13 heavy (non-hydrogen) atoms. The molecule has 0 bridgehead atoms. The van der Waals surface area contributed by atoms with E-state index in [9.17, 15) is 4.39 Å². The Bertz CT molecular complexity index is 291. The highest BCUT2D eigenvalue weighted by molar-refractivity contribution is 9.10. The van der Waals surface area contributed by atoms with E-state index in [0.717, 1.165) is 0 Å². The Labute approximate surface area is 83.3 Å². The van der Waals surface area contributed by atoms with E-state index >= 15 is 0 Å². The topological polar surface area (TPSA) is 52.5 Å². The quantitative estimate of drug-likeness (QED) is 0.714. The summed E-state index contributed by atoms with van der Waals surface area (Å²) >= 11 is 3.17. The SMILES string of the molecule is OC[C@@H](NO)c1cc(Br)ccc1F. The predicted octanol–water partition coefficient (Wildman–Crippen LogP) is 1.60. The lowest BCUT2D eigenvalue weighted by Crippen LogP contribution is -2.21. The monoisotopic (exact) mass is 249 g/mol. The lowest BCUT2D eigenvalue weighted by molar-refractivity contribution is 0.0888. The summed E-state index contributed by atoms with van der Waals surface area (Å²) in [6.07, 6.45) is 0. The third kappa shape index (κ3) is 2.47. The Morgan fingerprint density at radius 2 is 2.23 bits per heavy atom. The number of hydroxylamine groups is 1. The van der Waals surface area contributed by atoms with Gasteiger partial charge in [0.25, 0.3) is 0 Å². The molecule has 72 valence electrons. The van der Waals surface area contributed by atoms with Crippen LogP contribution in [0.3, 0.4) is 0 Å². The van der Waals surface area contributed by atoms with Gasteiger partial charge in [0.15, 0.2) is 0 Å². The van der Waals surface area contributed by atoms with E-state index in [1.165, 1.54) is 12.1 Å². The predicted molar refractivity (Wildman–Crippen MR) is 48.8 cm³/mol. The van der Waals surface area contributed by atoms with Gasteiger partial charge in [-0.15, -0.1) is 0 Å². The maximum Gasteiger partial charge on any atom is 0.128 e. The van der Waals surface area contributed by atoms with Crippen molar-refractivity contribution in [1.29, 1.82) is 0 Å². The van der Waals surface area contributed by atoms with Gasteiger partial charge >= 0.3 is 0 Å². The first kappa shape index (κ1) is 10.6. The van der Waals surface area contributed by atoms with Gasteiger partial charge in [-0.2, -0.15) is 5.48 Å². The zero-order valence-corrected chi connectivity index (χ0v) is 8.25. The highest BCUT2D eigenvalue weighted by Crippen LogP contribution is 2.21. The number of nitrogens with one attached hydrogen (secondary N) is 1. The molecule has 0 heterocycles. The van der Waals surface area contributed by atoms with E-state index in [4.69, 9.17) is 10.3 Å². The number of halogens is 2. The molecule has 1 aromatic carbocycles. The van der Waals surface area contributed by atoms with E-state index < -0.39 is 11.9 Å². The molecular weight excluding hydrogens is 241 g/mol. The first-order valence-electron chi connectivity index (χ1n) is 3.64. The molecule has 0 saturated carbocycles. The number of hydrogen-bond acceptors (Lipinski definition) is 3. The summed E-state index contributed by atoms with van der Waals surface area (Å²) in [6, 6.07) is 3.52. The maximum atomic E-state index is 13.1. The molecule has 3 nitrogen and oxygen atoms in total. The van der Waals surface area contributed by atoms with Crippen LogP contribution in [0.25, 0.3) is 0 Å². The number of aliphatic hydroxyl groups is 1. The van der Waals surface area contributed by atoms with Crippen LogP contribution in [-0.4, -0.2) is 16.9 Å². The second-order valence-electron chi connectivity index (χ2n) is 2.53. The zero-order valence-electron chi connectivity index (χ0n) is 6.67. The lowest BCUT2D eigenvalue weighted by Gasteiger charge is -2.13. The summed E-state index contributed by atoms with van der Waals surface area (Å²) in [5.74, 6) is -0.469. The van der Waals surface area contributed by atoms with Gasteiger partial charge in [-0.3, -0.25) is 0 Å². The second-order valence-corrected chi connectivity index (χ2v) is 3.45. The molecule has 1 aromatic rings. The molecular formula is C8H9BrFNO2. The molecule has 3 N–H and O–H groups in total. The summed E-state index contributed by atoms with van der Waals surface area (Å²) < 4.78 is 13.8. The van der Waals surface area contributed by atoms with Crippen molar-refractivity contribution in [2.24, 2.45) is 0 Å². The van der Waals surface area contributed by atoms with Crippen LogP contribution in [0.15, 0.2) is 22.7 Å². The van der Waals surface area contributed by atoms with Crippen molar-refractivity contribution in [3.8, 4) is 0 Å². The first-order chi connectivity index (χ1) is 6.19. The van der Waals surface area contributed by atoms with Crippen LogP contribution in [0, 0.1) is 5.82 Å². The summed E-state index contributed by atoms with van der Waals surface area (Å²) in [7, 11) is 0. The third-order valence-electron chi connectivity index (χ3n) is 1.67. The number of benzene rings is 1. The van der Waals surface area contributed by atoms with Crippen molar-refractivity contribution in [3.05, 3.63) is 34.1 Å². The maximum absolute atomic E-state index is 13.1. The van der Waals surface area contributed by atoms with E-state index in [1.807, 2.05) is 5.48 Å². The molecule has 1 atom stereocenters.